The highest BCUT2D eigenvalue weighted by Gasteiger charge is 2.26. The van der Waals surface area contributed by atoms with Gasteiger partial charge in [-0.3, -0.25) is 33.8 Å². The molecule has 0 fully saturated rings. The Morgan fingerprint density at radius 2 is 1.97 bits per heavy atom. The Kier molecular flexibility index (Phi) is 7.03. The van der Waals surface area contributed by atoms with E-state index in [0.29, 0.717) is 12.8 Å². The number of anilines is 2. The highest BCUT2D eigenvalue weighted by molar-refractivity contribution is 5.96. The summed E-state index contributed by atoms with van der Waals surface area (Å²) in [6.07, 6.45) is 1.23. The Labute approximate surface area is 192 Å². The summed E-state index contributed by atoms with van der Waals surface area (Å²) in [5.41, 5.74) is 4.39. The second-order valence-corrected chi connectivity index (χ2v) is 8.26. The number of H-pyrrole nitrogens is 1. The van der Waals surface area contributed by atoms with Crippen LogP contribution in [0.1, 0.15) is 33.6 Å². The van der Waals surface area contributed by atoms with Gasteiger partial charge in [0.25, 0.3) is 11.2 Å². The molecule has 0 aliphatic heterocycles. The van der Waals surface area contributed by atoms with Crippen LogP contribution < -0.4 is 27.6 Å². The average Bonchev–Trinajstić information content (AvgIpc) is 3.07. The van der Waals surface area contributed by atoms with Crippen molar-refractivity contribution < 1.29 is 14.1 Å². The molecule has 1 aromatic carbocycles. The number of nitrogens with one attached hydrogen (secondary N) is 1. The van der Waals surface area contributed by atoms with Crippen molar-refractivity contribution >= 4 is 34.2 Å². The minimum Gasteiger partial charge on any atom is -0.407 e. The maximum atomic E-state index is 13.3. The minimum atomic E-state index is -0.883. The highest BCUT2D eigenvalue weighted by Crippen LogP contribution is 2.22. The zero-order valence-corrected chi connectivity index (χ0v) is 19.1. The van der Waals surface area contributed by atoms with Crippen molar-refractivity contribution in [3.63, 3.8) is 0 Å². The van der Waals surface area contributed by atoms with Crippen molar-refractivity contribution in [2.45, 2.75) is 46.7 Å². The number of nitrogen functional groups attached to an aromatic ring is 1. The molecule has 3 N–H and O–H groups in total. The van der Waals surface area contributed by atoms with Crippen LogP contribution in [0.25, 0.3) is 11.1 Å². The zero-order valence-electron chi connectivity index (χ0n) is 19.1. The van der Waals surface area contributed by atoms with Gasteiger partial charge in [0.05, 0.1) is 16.5 Å². The van der Waals surface area contributed by atoms with Gasteiger partial charge in [0.15, 0.2) is 11.3 Å². The number of carbonyl (C=O) groups excluding carboxylic acids is 1. The number of rotatable bonds is 9. The first-order valence-electron chi connectivity index (χ1n) is 10.8. The molecular weight excluding hydrogens is 448 g/mol. The van der Waals surface area contributed by atoms with Crippen LogP contribution in [-0.4, -0.2) is 31.5 Å². The van der Waals surface area contributed by atoms with Gasteiger partial charge in [-0.2, -0.15) is 0 Å². The number of aromatic amines is 1. The van der Waals surface area contributed by atoms with Crippen LogP contribution in [0.4, 0.5) is 17.2 Å². The van der Waals surface area contributed by atoms with E-state index in [2.05, 4.69) is 4.98 Å². The number of non-ortho nitro benzene ring substituents is 1. The van der Waals surface area contributed by atoms with E-state index in [9.17, 15) is 29.3 Å². The van der Waals surface area contributed by atoms with E-state index < -0.39 is 34.4 Å². The maximum Gasteiger partial charge on any atom is 0.420 e. The molecular formula is C21H26N6O7. The quantitative estimate of drug-likeness (QED) is 0.345. The standard InChI is InChI=1S/C21H26N6O7/c1-4-5-8-24(17-18(22)26(10-12(2)3)20(30)23-19(17)29)16(28)11-25-14-7-6-13(27(32)33)9-15(14)34-21(25)31/h6-7,9,12H,4-5,8,10-11,22H2,1-3H3,(H,23,29,30). The van der Waals surface area contributed by atoms with Crippen molar-refractivity contribution in [1.29, 1.82) is 0 Å². The van der Waals surface area contributed by atoms with Gasteiger partial charge in [-0.25, -0.2) is 9.59 Å². The normalized spacial score (nSPS) is 11.3. The summed E-state index contributed by atoms with van der Waals surface area (Å²) >= 11 is 0. The van der Waals surface area contributed by atoms with Gasteiger partial charge < -0.3 is 15.1 Å². The molecule has 1 amide bonds. The van der Waals surface area contributed by atoms with Gasteiger partial charge in [-0.1, -0.05) is 27.2 Å². The molecule has 2 heterocycles. The van der Waals surface area contributed by atoms with Crippen LogP contribution >= 0.6 is 0 Å². The Hall–Kier alpha value is -4.16. The summed E-state index contributed by atoms with van der Waals surface area (Å²) in [5, 5.41) is 11.0. The number of nitro benzene ring substituents is 1. The number of unbranched alkanes of at least 4 members (excludes halogenated alkanes) is 1. The van der Waals surface area contributed by atoms with E-state index in [-0.39, 0.29) is 47.3 Å². The maximum absolute atomic E-state index is 13.3. The Balaban J connectivity index is 2.07. The molecule has 34 heavy (non-hydrogen) atoms. The first kappa shape index (κ1) is 24.5. The third-order valence-corrected chi connectivity index (χ3v) is 5.22. The van der Waals surface area contributed by atoms with Crippen molar-refractivity contribution in [2.75, 3.05) is 17.2 Å². The lowest BCUT2D eigenvalue weighted by atomic mass is 10.2. The molecule has 182 valence electrons. The minimum absolute atomic E-state index is 0.0403. The molecule has 0 radical (unpaired) electrons. The predicted octanol–water partition coefficient (Wildman–Crippen LogP) is 1.42. The topological polar surface area (TPSA) is 179 Å². The van der Waals surface area contributed by atoms with Crippen LogP contribution in [0.2, 0.25) is 0 Å². The third-order valence-electron chi connectivity index (χ3n) is 5.22. The number of fused-ring (bicyclic) bond motifs is 1. The SMILES string of the molecule is CCCCN(C(=O)Cn1c(=O)oc2cc([N+](=O)[O-])ccc21)c1c(N)n(CC(C)C)c(=O)[nH]c1=O. The molecule has 0 unspecified atom stereocenters. The summed E-state index contributed by atoms with van der Waals surface area (Å²) in [4.78, 5) is 64.5. The summed E-state index contributed by atoms with van der Waals surface area (Å²) in [6, 6.07) is 3.60. The van der Waals surface area contributed by atoms with Crippen molar-refractivity contribution in [3.05, 3.63) is 59.7 Å². The molecule has 13 nitrogen and oxygen atoms in total. The number of carbonyl (C=O) groups is 1. The van der Waals surface area contributed by atoms with Crippen molar-refractivity contribution in [1.82, 2.24) is 14.1 Å². The summed E-state index contributed by atoms with van der Waals surface area (Å²) in [6.45, 7) is 5.49. The Morgan fingerprint density at radius 1 is 1.26 bits per heavy atom. The molecule has 3 aromatic rings. The monoisotopic (exact) mass is 474 g/mol. The van der Waals surface area contributed by atoms with Gasteiger partial charge in [0.1, 0.15) is 12.4 Å². The van der Waals surface area contributed by atoms with E-state index in [0.717, 1.165) is 15.5 Å². The van der Waals surface area contributed by atoms with Crippen LogP contribution in [0.15, 0.2) is 37.0 Å². The fourth-order valence-electron chi connectivity index (χ4n) is 3.60. The van der Waals surface area contributed by atoms with Crippen LogP contribution in [-0.2, 0) is 17.9 Å². The largest absolute Gasteiger partial charge is 0.420 e. The van der Waals surface area contributed by atoms with Crippen molar-refractivity contribution in [3.8, 4) is 0 Å². The van der Waals surface area contributed by atoms with Gasteiger partial charge >= 0.3 is 11.4 Å². The molecule has 0 bridgehead atoms. The molecule has 0 saturated carbocycles. The van der Waals surface area contributed by atoms with E-state index in [1.807, 2.05) is 20.8 Å². The Morgan fingerprint density at radius 3 is 2.59 bits per heavy atom. The number of amides is 1. The molecule has 13 heteroatoms. The van der Waals surface area contributed by atoms with Gasteiger partial charge in [-0.15, -0.1) is 0 Å². The lowest BCUT2D eigenvalue weighted by Gasteiger charge is -2.25. The number of hydrogen-bond acceptors (Lipinski definition) is 8. The summed E-state index contributed by atoms with van der Waals surface area (Å²) < 4.78 is 7.30. The number of hydrogen-bond donors (Lipinski definition) is 2. The molecule has 0 aliphatic carbocycles. The average molecular weight is 474 g/mol. The van der Waals surface area contributed by atoms with E-state index in [1.54, 1.807) is 0 Å². The van der Waals surface area contributed by atoms with E-state index in [1.165, 1.54) is 16.7 Å². The fourth-order valence-corrected chi connectivity index (χ4v) is 3.60. The number of benzene rings is 1. The molecule has 0 atom stereocenters. The van der Waals surface area contributed by atoms with Gasteiger partial charge in [0.2, 0.25) is 5.91 Å². The van der Waals surface area contributed by atoms with Crippen LogP contribution in [0.3, 0.4) is 0 Å². The lowest BCUT2D eigenvalue weighted by molar-refractivity contribution is -0.384. The first-order valence-corrected chi connectivity index (χ1v) is 10.8. The Bertz CT molecular complexity index is 1410. The molecule has 3 rings (SSSR count). The number of oxazole rings is 1. The highest BCUT2D eigenvalue weighted by atomic mass is 16.6. The molecule has 0 saturated heterocycles. The van der Waals surface area contributed by atoms with Gasteiger partial charge in [0, 0.05) is 19.2 Å². The smallest absolute Gasteiger partial charge is 0.407 e. The van der Waals surface area contributed by atoms with E-state index in [4.69, 9.17) is 10.2 Å². The summed E-state index contributed by atoms with van der Waals surface area (Å²) in [7, 11) is 0. The fraction of sp³-hybridized carbons (Fsp3) is 0.429. The number of aromatic nitrogens is 3. The second kappa shape index (κ2) is 9.77. The van der Waals surface area contributed by atoms with E-state index >= 15 is 0 Å². The summed E-state index contributed by atoms with van der Waals surface area (Å²) in [5.74, 6) is -1.63. The predicted molar refractivity (Wildman–Crippen MR) is 125 cm³/mol. The van der Waals surface area contributed by atoms with Crippen molar-refractivity contribution in [2.24, 2.45) is 5.92 Å². The van der Waals surface area contributed by atoms with Crippen LogP contribution in [0, 0.1) is 16.0 Å². The lowest BCUT2D eigenvalue weighted by Crippen LogP contribution is -2.43. The molecule has 0 aliphatic rings. The third kappa shape index (κ3) is 4.77. The molecule has 0 spiro atoms. The first-order chi connectivity index (χ1) is 16.0. The van der Waals surface area contributed by atoms with Gasteiger partial charge in [-0.05, 0) is 18.4 Å². The zero-order chi connectivity index (χ0) is 25.2. The molecule has 2 aromatic heterocycles. The van der Waals surface area contributed by atoms with Crippen LogP contribution in [0.5, 0.6) is 0 Å². The number of nitrogens with two attached hydrogens (primary N) is 1. The number of nitro groups is 1. The second-order valence-electron chi connectivity index (χ2n) is 8.26. The number of nitrogens with zero attached hydrogens (tertiary/aromatic N) is 4.